The van der Waals surface area contributed by atoms with Crippen LogP contribution in [0.5, 0.6) is 0 Å². The number of rotatable bonds is 7. The second kappa shape index (κ2) is 8.58. The number of fused-ring (bicyclic) bond motifs is 1. The minimum absolute atomic E-state index is 0.281. The van der Waals surface area contributed by atoms with E-state index in [9.17, 15) is 9.59 Å². The Morgan fingerprint density at radius 3 is 2.69 bits per heavy atom. The van der Waals surface area contributed by atoms with Gasteiger partial charge in [0.05, 0.1) is 15.8 Å². The molecule has 0 bridgehead atoms. The van der Waals surface area contributed by atoms with Crippen molar-refractivity contribution in [3.63, 3.8) is 0 Å². The third-order valence-corrected chi connectivity index (χ3v) is 4.93. The predicted octanol–water partition coefficient (Wildman–Crippen LogP) is 4.04. The largest absolute Gasteiger partial charge is 0.452 e. The molecular formula is C20H20N2O3S. The monoisotopic (exact) mass is 368 g/mol. The number of thiazole rings is 1. The molecule has 26 heavy (non-hydrogen) atoms. The average molecular weight is 368 g/mol. The molecule has 0 radical (unpaired) electrons. The minimum atomic E-state index is -0.523. The van der Waals surface area contributed by atoms with Gasteiger partial charge in [-0.3, -0.25) is 4.79 Å². The minimum Gasteiger partial charge on any atom is -0.452 e. The summed E-state index contributed by atoms with van der Waals surface area (Å²) >= 11 is 1.52. The number of carbonyl (C=O) groups excluding carboxylic acids is 2. The Bertz CT molecular complexity index is 887. The Kier molecular flexibility index (Phi) is 5.96. The van der Waals surface area contributed by atoms with Gasteiger partial charge in [0.2, 0.25) is 0 Å². The third-order valence-electron chi connectivity index (χ3n) is 3.86. The summed E-state index contributed by atoms with van der Waals surface area (Å²) in [6, 6.07) is 15.0. The van der Waals surface area contributed by atoms with Crippen LogP contribution in [0.2, 0.25) is 0 Å². The van der Waals surface area contributed by atoms with E-state index in [4.69, 9.17) is 4.74 Å². The Hall–Kier alpha value is -2.73. The summed E-state index contributed by atoms with van der Waals surface area (Å²) in [6.45, 7) is 2.36. The Balaban J connectivity index is 1.74. The predicted molar refractivity (Wildman–Crippen MR) is 103 cm³/mol. The fourth-order valence-corrected chi connectivity index (χ4v) is 3.50. The summed E-state index contributed by atoms with van der Waals surface area (Å²) in [4.78, 5) is 28.8. The van der Waals surface area contributed by atoms with Gasteiger partial charge in [-0.15, -0.1) is 11.3 Å². The number of aromatic nitrogens is 1. The van der Waals surface area contributed by atoms with Gasteiger partial charge in [0.1, 0.15) is 5.01 Å². The molecule has 0 saturated heterocycles. The van der Waals surface area contributed by atoms with Crippen LogP contribution in [0.15, 0.2) is 48.5 Å². The topological polar surface area (TPSA) is 68.3 Å². The van der Waals surface area contributed by atoms with Crippen molar-refractivity contribution in [2.75, 3.05) is 13.2 Å². The lowest BCUT2D eigenvalue weighted by atomic mass is 10.1. The number of para-hydroxylation sites is 1. The van der Waals surface area contributed by atoms with Crippen LogP contribution in [-0.2, 0) is 9.53 Å². The van der Waals surface area contributed by atoms with Gasteiger partial charge in [0, 0.05) is 12.1 Å². The highest BCUT2D eigenvalue weighted by atomic mass is 32.1. The molecule has 6 heteroatoms. The summed E-state index contributed by atoms with van der Waals surface area (Å²) in [6.07, 6.45) is 1.90. The third kappa shape index (κ3) is 4.26. The summed E-state index contributed by atoms with van der Waals surface area (Å²) in [7, 11) is 0. The Labute approximate surface area is 156 Å². The van der Waals surface area contributed by atoms with Crippen molar-refractivity contribution in [2.45, 2.75) is 19.8 Å². The zero-order chi connectivity index (χ0) is 18.4. The molecule has 0 saturated carbocycles. The smallest absolute Gasteiger partial charge is 0.339 e. The van der Waals surface area contributed by atoms with Gasteiger partial charge >= 0.3 is 5.97 Å². The number of ether oxygens (including phenoxy) is 1. The van der Waals surface area contributed by atoms with Crippen molar-refractivity contribution in [3.8, 4) is 10.6 Å². The van der Waals surface area contributed by atoms with E-state index in [0.717, 1.165) is 28.1 Å². The number of unbranched alkanes of at least 4 members (excludes halogenated alkanes) is 1. The first-order valence-corrected chi connectivity index (χ1v) is 9.39. The van der Waals surface area contributed by atoms with E-state index < -0.39 is 5.97 Å². The highest BCUT2D eigenvalue weighted by molar-refractivity contribution is 7.21. The van der Waals surface area contributed by atoms with Crippen LogP contribution in [0, 0.1) is 0 Å². The van der Waals surface area contributed by atoms with E-state index in [1.54, 1.807) is 12.1 Å². The number of benzene rings is 2. The van der Waals surface area contributed by atoms with Crippen molar-refractivity contribution in [1.29, 1.82) is 0 Å². The highest BCUT2D eigenvalue weighted by Gasteiger charge is 2.17. The number of nitrogens with one attached hydrogen (secondary N) is 1. The molecule has 1 aromatic heterocycles. The van der Waals surface area contributed by atoms with E-state index in [2.05, 4.69) is 10.3 Å². The fraction of sp³-hybridized carbons (Fsp3) is 0.250. The van der Waals surface area contributed by atoms with Crippen molar-refractivity contribution in [2.24, 2.45) is 0 Å². The van der Waals surface area contributed by atoms with Crippen molar-refractivity contribution >= 4 is 33.4 Å². The lowest BCUT2D eigenvalue weighted by Gasteiger charge is -2.08. The molecular weight excluding hydrogens is 348 g/mol. The fourth-order valence-electron chi connectivity index (χ4n) is 2.50. The number of esters is 1. The van der Waals surface area contributed by atoms with E-state index in [-0.39, 0.29) is 12.5 Å². The molecule has 134 valence electrons. The van der Waals surface area contributed by atoms with E-state index in [1.807, 2.05) is 43.3 Å². The second-order valence-corrected chi connectivity index (χ2v) is 6.84. The molecule has 0 aliphatic heterocycles. The molecule has 0 aliphatic rings. The van der Waals surface area contributed by atoms with Gasteiger partial charge in [-0.1, -0.05) is 43.7 Å². The Morgan fingerprint density at radius 2 is 1.88 bits per heavy atom. The molecule has 1 heterocycles. The van der Waals surface area contributed by atoms with E-state index in [0.29, 0.717) is 17.7 Å². The number of nitrogens with zero attached hydrogens (tertiary/aromatic N) is 1. The number of carbonyl (C=O) groups is 2. The molecule has 0 fully saturated rings. The zero-order valence-electron chi connectivity index (χ0n) is 14.5. The van der Waals surface area contributed by atoms with Crippen LogP contribution < -0.4 is 5.32 Å². The summed E-state index contributed by atoms with van der Waals surface area (Å²) < 4.78 is 6.24. The molecule has 5 nitrogen and oxygen atoms in total. The molecule has 0 unspecified atom stereocenters. The van der Waals surface area contributed by atoms with Crippen molar-refractivity contribution in [1.82, 2.24) is 10.3 Å². The van der Waals surface area contributed by atoms with Gasteiger partial charge in [0.25, 0.3) is 5.91 Å². The maximum atomic E-state index is 12.5. The molecule has 0 aliphatic carbocycles. The SMILES string of the molecule is CCCCNC(=O)COC(=O)c1ccccc1-c1nc2ccccc2s1. The van der Waals surface area contributed by atoms with Gasteiger partial charge in [-0.2, -0.15) is 0 Å². The lowest BCUT2D eigenvalue weighted by molar-refractivity contribution is -0.124. The Morgan fingerprint density at radius 1 is 1.12 bits per heavy atom. The van der Waals surface area contributed by atoms with Crippen LogP contribution >= 0.6 is 11.3 Å². The quantitative estimate of drug-likeness (QED) is 0.505. The summed E-state index contributed by atoms with van der Waals surface area (Å²) in [5.41, 5.74) is 2.02. The molecule has 0 spiro atoms. The lowest BCUT2D eigenvalue weighted by Crippen LogP contribution is -2.29. The van der Waals surface area contributed by atoms with Crippen LogP contribution in [0.1, 0.15) is 30.1 Å². The first kappa shape index (κ1) is 18.1. The molecule has 0 atom stereocenters. The molecule has 3 aromatic rings. The van der Waals surface area contributed by atoms with Crippen LogP contribution in [0.3, 0.4) is 0 Å². The summed E-state index contributed by atoms with van der Waals surface area (Å²) in [5.74, 6) is -0.810. The molecule has 1 N–H and O–H groups in total. The maximum absolute atomic E-state index is 12.5. The van der Waals surface area contributed by atoms with Crippen molar-refractivity contribution in [3.05, 3.63) is 54.1 Å². The second-order valence-electron chi connectivity index (χ2n) is 5.81. The summed E-state index contributed by atoms with van der Waals surface area (Å²) in [5, 5.41) is 3.48. The van der Waals surface area contributed by atoms with E-state index >= 15 is 0 Å². The van der Waals surface area contributed by atoms with Gasteiger partial charge in [0.15, 0.2) is 6.61 Å². The molecule has 1 amide bonds. The van der Waals surface area contributed by atoms with Crippen LogP contribution in [0.4, 0.5) is 0 Å². The normalized spacial score (nSPS) is 10.7. The number of hydrogen-bond donors (Lipinski definition) is 1. The van der Waals surface area contributed by atoms with Crippen LogP contribution in [-0.4, -0.2) is 30.0 Å². The maximum Gasteiger partial charge on any atom is 0.339 e. The van der Waals surface area contributed by atoms with Crippen molar-refractivity contribution < 1.29 is 14.3 Å². The first-order chi connectivity index (χ1) is 12.7. The highest BCUT2D eigenvalue weighted by Crippen LogP contribution is 2.32. The number of hydrogen-bond acceptors (Lipinski definition) is 5. The van der Waals surface area contributed by atoms with Crippen LogP contribution in [0.25, 0.3) is 20.8 Å². The average Bonchev–Trinajstić information content (AvgIpc) is 3.10. The zero-order valence-corrected chi connectivity index (χ0v) is 15.3. The first-order valence-electron chi connectivity index (χ1n) is 8.58. The standard InChI is InChI=1S/C20H20N2O3S/c1-2-3-12-21-18(23)13-25-20(24)15-9-5-4-8-14(15)19-22-16-10-6-7-11-17(16)26-19/h4-11H,2-3,12-13H2,1H3,(H,21,23). The van der Waals surface area contributed by atoms with Gasteiger partial charge in [-0.25, -0.2) is 9.78 Å². The number of amides is 1. The van der Waals surface area contributed by atoms with E-state index in [1.165, 1.54) is 11.3 Å². The van der Waals surface area contributed by atoms with Gasteiger partial charge in [-0.05, 0) is 24.6 Å². The van der Waals surface area contributed by atoms with Gasteiger partial charge < -0.3 is 10.1 Å². The molecule has 2 aromatic carbocycles. The molecule has 3 rings (SSSR count).